The summed E-state index contributed by atoms with van der Waals surface area (Å²) in [5.41, 5.74) is 8.09. The maximum Gasteiger partial charge on any atom is 0.0828 e. The molecular formula is C12H16Cl2N2. The van der Waals surface area contributed by atoms with Gasteiger partial charge in [0.1, 0.15) is 0 Å². The average molecular weight is 259 g/mol. The predicted molar refractivity (Wildman–Crippen MR) is 70.6 cm³/mol. The molecule has 0 radical (unpaired) electrons. The van der Waals surface area contributed by atoms with Crippen molar-refractivity contribution in [3.8, 4) is 0 Å². The van der Waals surface area contributed by atoms with Crippen LogP contribution in [0.4, 0.5) is 5.69 Å². The highest BCUT2D eigenvalue weighted by Gasteiger charge is 2.21. The first kappa shape index (κ1) is 12.0. The Labute approximate surface area is 106 Å². The lowest BCUT2D eigenvalue weighted by Crippen LogP contribution is -2.21. The van der Waals surface area contributed by atoms with Gasteiger partial charge in [-0.3, -0.25) is 0 Å². The zero-order chi connectivity index (χ0) is 11.7. The van der Waals surface area contributed by atoms with Crippen molar-refractivity contribution in [2.45, 2.75) is 12.8 Å². The highest BCUT2D eigenvalue weighted by molar-refractivity contribution is 6.43. The highest BCUT2D eigenvalue weighted by Crippen LogP contribution is 2.38. The van der Waals surface area contributed by atoms with E-state index in [9.17, 15) is 0 Å². The molecule has 1 aliphatic rings. The fraction of sp³-hybridized carbons (Fsp3) is 0.500. The minimum Gasteiger partial charge on any atom is -0.373 e. The van der Waals surface area contributed by atoms with E-state index in [1.165, 1.54) is 5.56 Å². The van der Waals surface area contributed by atoms with Crippen LogP contribution >= 0.6 is 23.2 Å². The van der Waals surface area contributed by atoms with Crippen molar-refractivity contribution in [1.29, 1.82) is 0 Å². The van der Waals surface area contributed by atoms with Crippen LogP contribution in [-0.2, 0) is 6.42 Å². The van der Waals surface area contributed by atoms with Crippen LogP contribution in [0.1, 0.15) is 12.0 Å². The third-order valence-electron chi connectivity index (χ3n) is 3.25. The molecule has 0 saturated carbocycles. The molecule has 0 aliphatic carbocycles. The summed E-state index contributed by atoms with van der Waals surface area (Å²) in [5.74, 6) is 0.543. The second kappa shape index (κ2) is 4.82. The summed E-state index contributed by atoms with van der Waals surface area (Å²) in [6.45, 7) is 1.71. The molecule has 0 bridgehead atoms. The molecule has 4 heteroatoms. The lowest BCUT2D eigenvalue weighted by molar-refractivity contribution is 0.509. The van der Waals surface area contributed by atoms with Crippen LogP contribution in [0.25, 0.3) is 0 Å². The summed E-state index contributed by atoms with van der Waals surface area (Å²) in [6.07, 6.45) is 2.10. The van der Waals surface area contributed by atoms with Gasteiger partial charge in [0.2, 0.25) is 0 Å². The summed E-state index contributed by atoms with van der Waals surface area (Å²) >= 11 is 12.3. The minimum absolute atomic E-state index is 0.543. The number of rotatable bonds is 1. The van der Waals surface area contributed by atoms with Gasteiger partial charge in [-0.2, -0.15) is 0 Å². The van der Waals surface area contributed by atoms with Crippen LogP contribution in [-0.4, -0.2) is 20.1 Å². The van der Waals surface area contributed by atoms with Gasteiger partial charge < -0.3 is 10.6 Å². The Balaban J connectivity index is 2.45. The second-order valence-electron chi connectivity index (χ2n) is 4.39. The number of nitrogens with two attached hydrogens (primary N) is 1. The van der Waals surface area contributed by atoms with Crippen molar-refractivity contribution < 1.29 is 0 Å². The van der Waals surface area contributed by atoms with Crippen LogP contribution in [0.3, 0.4) is 0 Å². The van der Waals surface area contributed by atoms with E-state index in [0.29, 0.717) is 16.0 Å². The summed E-state index contributed by atoms with van der Waals surface area (Å²) < 4.78 is 0. The molecule has 1 aliphatic heterocycles. The first-order chi connectivity index (χ1) is 7.63. The van der Waals surface area contributed by atoms with Gasteiger partial charge in [0.05, 0.1) is 15.7 Å². The molecule has 2 rings (SSSR count). The Kier molecular flexibility index (Phi) is 3.63. The van der Waals surface area contributed by atoms with Gasteiger partial charge in [0.15, 0.2) is 0 Å². The van der Waals surface area contributed by atoms with Crippen LogP contribution in [0, 0.1) is 5.92 Å². The van der Waals surface area contributed by atoms with E-state index < -0.39 is 0 Å². The molecule has 1 heterocycles. The summed E-state index contributed by atoms with van der Waals surface area (Å²) in [4.78, 5) is 2.18. The molecule has 1 unspecified atom stereocenters. The Morgan fingerprint density at radius 1 is 1.44 bits per heavy atom. The minimum atomic E-state index is 0.543. The van der Waals surface area contributed by atoms with E-state index >= 15 is 0 Å². The Morgan fingerprint density at radius 2 is 2.19 bits per heavy atom. The third kappa shape index (κ3) is 2.15. The molecule has 1 aromatic carbocycles. The SMILES string of the molecule is CN1CCC(CN)Cc2ccc(Cl)c(Cl)c21. The molecule has 1 aromatic rings. The van der Waals surface area contributed by atoms with Crippen molar-refractivity contribution in [2.75, 3.05) is 25.0 Å². The number of anilines is 1. The van der Waals surface area contributed by atoms with Crippen molar-refractivity contribution in [2.24, 2.45) is 11.7 Å². The summed E-state index contributed by atoms with van der Waals surface area (Å²) in [7, 11) is 2.06. The molecule has 88 valence electrons. The molecule has 0 fully saturated rings. The van der Waals surface area contributed by atoms with Crippen molar-refractivity contribution in [1.82, 2.24) is 0 Å². The molecule has 0 spiro atoms. The van der Waals surface area contributed by atoms with Crippen molar-refractivity contribution in [3.63, 3.8) is 0 Å². The molecule has 2 N–H and O–H groups in total. The van der Waals surface area contributed by atoms with Gasteiger partial charge in [-0.05, 0) is 36.9 Å². The van der Waals surface area contributed by atoms with E-state index in [0.717, 1.165) is 31.6 Å². The van der Waals surface area contributed by atoms with Crippen LogP contribution in [0.5, 0.6) is 0 Å². The normalized spacial score (nSPS) is 20.5. The zero-order valence-electron chi connectivity index (χ0n) is 9.34. The molecule has 0 aromatic heterocycles. The number of nitrogens with zero attached hydrogens (tertiary/aromatic N) is 1. The topological polar surface area (TPSA) is 29.3 Å². The molecule has 0 saturated heterocycles. The van der Waals surface area contributed by atoms with E-state index in [1.807, 2.05) is 6.07 Å². The quantitative estimate of drug-likeness (QED) is 0.840. The summed E-state index contributed by atoms with van der Waals surface area (Å²) in [6, 6.07) is 3.93. The Bertz CT molecular complexity index is 393. The fourth-order valence-corrected chi connectivity index (χ4v) is 2.74. The second-order valence-corrected chi connectivity index (χ2v) is 5.17. The number of hydrogen-bond donors (Lipinski definition) is 1. The van der Waals surface area contributed by atoms with Gasteiger partial charge in [0.25, 0.3) is 0 Å². The van der Waals surface area contributed by atoms with Gasteiger partial charge in [0, 0.05) is 13.6 Å². The molecular weight excluding hydrogens is 243 g/mol. The van der Waals surface area contributed by atoms with E-state index in [1.54, 1.807) is 0 Å². The molecule has 16 heavy (non-hydrogen) atoms. The van der Waals surface area contributed by atoms with Gasteiger partial charge in [-0.15, -0.1) is 0 Å². The highest BCUT2D eigenvalue weighted by atomic mass is 35.5. The first-order valence-corrected chi connectivity index (χ1v) is 6.27. The van der Waals surface area contributed by atoms with Crippen molar-refractivity contribution >= 4 is 28.9 Å². The van der Waals surface area contributed by atoms with E-state index in [2.05, 4.69) is 18.0 Å². The average Bonchev–Trinajstić information content (AvgIpc) is 2.44. The number of benzene rings is 1. The molecule has 2 nitrogen and oxygen atoms in total. The lowest BCUT2D eigenvalue weighted by atomic mass is 9.97. The predicted octanol–water partition coefficient (Wildman–Crippen LogP) is 2.95. The lowest BCUT2D eigenvalue weighted by Gasteiger charge is -2.21. The first-order valence-electron chi connectivity index (χ1n) is 5.51. The Hall–Kier alpha value is -0.440. The summed E-state index contributed by atoms with van der Waals surface area (Å²) in [5, 5.41) is 1.29. The monoisotopic (exact) mass is 258 g/mol. The smallest absolute Gasteiger partial charge is 0.0828 e. The third-order valence-corrected chi connectivity index (χ3v) is 4.04. The van der Waals surface area contributed by atoms with E-state index in [4.69, 9.17) is 28.9 Å². The van der Waals surface area contributed by atoms with Crippen LogP contribution in [0.2, 0.25) is 10.0 Å². The zero-order valence-corrected chi connectivity index (χ0v) is 10.9. The van der Waals surface area contributed by atoms with Crippen molar-refractivity contribution in [3.05, 3.63) is 27.7 Å². The maximum absolute atomic E-state index is 6.26. The number of hydrogen-bond acceptors (Lipinski definition) is 2. The molecule has 1 atom stereocenters. The van der Waals surface area contributed by atoms with E-state index in [-0.39, 0.29) is 0 Å². The van der Waals surface area contributed by atoms with Crippen LogP contribution < -0.4 is 10.6 Å². The maximum atomic E-state index is 6.26. The standard InChI is InChI=1S/C12H16Cl2N2/c1-16-5-4-8(7-15)6-9-2-3-10(13)11(14)12(9)16/h2-3,8H,4-7,15H2,1H3. The number of halogens is 2. The Morgan fingerprint density at radius 3 is 2.88 bits per heavy atom. The number of fused-ring (bicyclic) bond motifs is 1. The van der Waals surface area contributed by atoms with Crippen LogP contribution in [0.15, 0.2) is 12.1 Å². The van der Waals surface area contributed by atoms with Gasteiger partial charge in [-0.1, -0.05) is 29.3 Å². The van der Waals surface area contributed by atoms with Gasteiger partial charge in [-0.25, -0.2) is 0 Å². The molecule has 0 amide bonds. The fourth-order valence-electron chi connectivity index (χ4n) is 2.26. The largest absolute Gasteiger partial charge is 0.373 e. The van der Waals surface area contributed by atoms with Gasteiger partial charge >= 0.3 is 0 Å².